The lowest BCUT2D eigenvalue weighted by atomic mass is 10.1. The van der Waals surface area contributed by atoms with Gasteiger partial charge in [-0.2, -0.15) is 0 Å². The van der Waals surface area contributed by atoms with Crippen LogP contribution in [0.2, 0.25) is 0 Å². The lowest BCUT2D eigenvalue weighted by Gasteiger charge is -2.18. The molecule has 1 heterocycles. The summed E-state index contributed by atoms with van der Waals surface area (Å²) in [5, 5.41) is 3.43. The number of pyridine rings is 1. The van der Waals surface area contributed by atoms with Crippen LogP contribution >= 0.6 is 0 Å². The van der Waals surface area contributed by atoms with Crippen LogP contribution in [0.25, 0.3) is 0 Å². The van der Waals surface area contributed by atoms with E-state index in [0.29, 0.717) is 0 Å². The molecule has 17 heavy (non-hydrogen) atoms. The summed E-state index contributed by atoms with van der Waals surface area (Å²) < 4.78 is 0. The van der Waals surface area contributed by atoms with Gasteiger partial charge in [0.2, 0.25) is 0 Å². The third-order valence-electron chi connectivity index (χ3n) is 2.85. The van der Waals surface area contributed by atoms with Crippen molar-refractivity contribution in [1.82, 2.24) is 4.98 Å². The van der Waals surface area contributed by atoms with E-state index in [1.807, 2.05) is 24.4 Å². The Hall–Kier alpha value is -2.03. The molecule has 0 aliphatic rings. The van der Waals surface area contributed by atoms with Gasteiger partial charge in [0, 0.05) is 12.4 Å². The molecule has 0 fully saturated rings. The Morgan fingerprint density at radius 3 is 2.71 bits per heavy atom. The van der Waals surface area contributed by atoms with E-state index in [1.54, 1.807) is 6.20 Å². The number of anilines is 2. The van der Waals surface area contributed by atoms with Gasteiger partial charge in [0.1, 0.15) is 0 Å². The first-order valence-electron chi connectivity index (χ1n) is 5.70. The molecule has 2 aromatic rings. The van der Waals surface area contributed by atoms with Crippen molar-refractivity contribution in [3.63, 3.8) is 0 Å². The van der Waals surface area contributed by atoms with E-state index in [4.69, 9.17) is 5.73 Å². The van der Waals surface area contributed by atoms with E-state index >= 15 is 0 Å². The number of nitrogens with two attached hydrogens (primary N) is 1. The van der Waals surface area contributed by atoms with Gasteiger partial charge in [-0.15, -0.1) is 0 Å². The van der Waals surface area contributed by atoms with Crippen molar-refractivity contribution in [3.8, 4) is 0 Å². The fourth-order valence-electron chi connectivity index (χ4n) is 1.82. The normalized spacial score (nSPS) is 12.1. The number of hydrogen-bond acceptors (Lipinski definition) is 3. The lowest BCUT2D eigenvalue weighted by molar-refractivity contribution is 0.874. The maximum Gasteiger partial charge on any atom is 0.0608 e. The molecule has 88 valence electrons. The molecule has 0 aliphatic carbocycles. The van der Waals surface area contributed by atoms with Crippen molar-refractivity contribution in [3.05, 3.63) is 53.9 Å². The topological polar surface area (TPSA) is 50.9 Å². The van der Waals surface area contributed by atoms with Crippen LogP contribution < -0.4 is 11.1 Å². The standard InChI is InChI=1S/C14H17N3/c1-10-5-3-7-13(15)14(10)17-11(2)12-6-4-8-16-9-12/h3-9,11,17H,15H2,1-2H3. The quantitative estimate of drug-likeness (QED) is 0.792. The van der Waals surface area contributed by atoms with E-state index in [1.165, 1.54) is 0 Å². The summed E-state index contributed by atoms with van der Waals surface area (Å²) in [6, 6.07) is 10.1. The molecular formula is C14H17N3. The van der Waals surface area contributed by atoms with Gasteiger partial charge in [-0.25, -0.2) is 0 Å². The molecule has 0 spiro atoms. The molecule has 1 atom stereocenters. The number of benzene rings is 1. The Labute approximate surface area is 102 Å². The highest BCUT2D eigenvalue weighted by Crippen LogP contribution is 2.26. The highest BCUT2D eigenvalue weighted by atomic mass is 14.9. The van der Waals surface area contributed by atoms with Crippen LogP contribution in [0.15, 0.2) is 42.7 Å². The second-order valence-electron chi connectivity index (χ2n) is 4.19. The van der Waals surface area contributed by atoms with E-state index in [2.05, 4.69) is 36.3 Å². The Balaban J connectivity index is 2.22. The van der Waals surface area contributed by atoms with Gasteiger partial charge in [-0.05, 0) is 37.1 Å². The fourth-order valence-corrected chi connectivity index (χ4v) is 1.82. The zero-order valence-corrected chi connectivity index (χ0v) is 10.1. The highest BCUT2D eigenvalue weighted by molar-refractivity contribution is 5.70. The van der Waals surface area contributed by atoms with Crippen LogP contribution in [0.5, 0.6) is 0 Å². The monoisotopic (exact) mass is 227 g/mol. The second-order valence-corrected chi connectivity index (χ2v) is 4.19. The van der Waals surface area contributed by atoms with E-state index in [-0.39, 0.29) is 6.04 Å². The number of nitrogens with one attached hydrogen (secondary N) is 1. The van der Waals surface area contributed by atoms with Crippen LogP contribution in [-0.2, 0) is 0 Å². The van der Waals surface area contributed by atoms with E-state index in [0.717, 1.165) is 22.5 Å². The molecular weight excluding hydrogens is 210 g/mol. The van der Waals surface area contributed by atoms with Crippen LogP contribution in [0, 0.1) is 6.92 Å². The summed E-state index contributed by atoms with van der Waals surface area (Å²) in [6.07, 6.45) is 3.64. The maximum absolute atomic E-state index is 5.97. The van der Waals surface area contributed by atoms with Gasteiger partial charge in [-0.3, -0.25) is 4.98 Å². The molecule has 0 saturated carbocycles. The predicted octanol–water partition coefficient (Wildman–Crippen LogP) is 3.15. The summed E-state index contributed by atoms with van der Waals surface area (Å²) in [7, 11) is 0. The Morgan fingerprint density at radius 2 is 2.06 bits per heavy atom. The summed E-state index contributed by atoms with van der Waals surface area (Å²) in [4.78, 5) is 4.12. The first-order valence-corrected chi connectivity index (χ1v) is 5.70. The van der Waals surface area contributed by atoms with Gasteiger partial charge in [0.25, 0.3) is 0 Å². The molecule has 0 radical (unpaired) electrons. The Kier molecular flexibility index (Phi) is 3.28. The lowest BCUT2D eigenvalue weighted by Crippen LogP contribution is -2.09. The van der Waals surface area contributed by atoms with E-state index < -0.39 is 0 Å². The zero-order valence-electron chi connectivity index (χ0n) is 10.1. The van der Waals surface area contributed by atoms with Crippen molar-refractivity contribution in [1.29, 1.82) is 0 Å². The minimum Gasteiger partial charge on any atom is -0.397 e. The third-order valence-corrected chi connectivity index (χ3v) is 2.85. The number of para-hydroxylation sites is 1. The molecule has 3 N–H and O–H groups in total. The first kappa shape index (κ1) is 11.5. The van der Waals surface area contributed by atoms with Crippen molar-refractivity contribution < 1.29 is 0 Å². The molecule has 0 amide bonds. The number of aryl methyl sites for hydroxylation is 1. The molecule has 0 aliphatic heterocycles. The summed E-state index contributed by atoms with van der Waals surface area (Å²) in [6.45, 7) is 4.15. The van der Waals surface area contributed by atoms with Crippen LogP contribution in [0.4, 0.5) is 11.4 Å². The summed E-state index contributed by atoms with van der Waals surface area (Å²) in [5.74, 6) is 0. The maximum atomic E-state index is 5.97. The van der Waals surface area contributed by atoms with Gasteiger partial charge >= 0.3 is 0 Å². The zero-order chi connectivity index (χ0) is 12.3. The van der Waals surface area contributed by atoms with E-state index in [9.17, 15) is 0 Å². The number of aromatic nitrogens is 1. The average Bonchev–Trinajstić information content (AvgIpc) is 2.35. The minimum atomic E-state index is 0.187. The van der Waals surface area contributed by atoms with Crippen molar-refractivity contribution in [2.24, 2.45) is 0 Å². The molecule has 2 rings (SSSR count). The van der Waals surface area contributed by atoms with Gasteiger partial charge in [0.15, 0.2) is 0 Å². The minimum absolute atomic E-state index is 0.187. The fraction of sp³-hybridized carbons (Fsp3) is 0.214. The van der Waals surface area contributed by atoms with Crippen LogP contribution in [0.3, 0.4) is 0 Å². The number of nitrogen functional groups attached to an aromatic ring is 1. The van der Waals surface area contributed by atoms with Gasteiger partial charge < -0.3 is 11.1 Å². The number of hydrogen-bond donors (Lipinski definition) is 2. The molecule has 1 aromatic carbocycles. The number of rotatable bonds is 3. The number of nitrogens with zero attached hydrogens (tertiary/aromatic N) is 1. The smallest absolute Gasteiger partial charge is 0.0608 e. The van der Waals surface area contributed by atoms with Crippen molar-refractivity contribution >= 4 is 11.4 Å². The van der Waals surface area contributed by atoms with Gasteiger partial charge in [-0.1, -0.05) is 18.2 Å². The van der Waals surface area contributed by atoms with Crippen molar-refractivity contribution in [2.75, 3.05) is 11.1 Å². The first-order chi connectivity index (χ1) is 8.18. The molecule has 1 aromatic heterocycles. The Morgan fingerprint density at radius 1 is 1.24 bits per heavy atom. The average molecular weight is 227 g/mol. The SMILES string of the molecule is Cc1cccc(N)c1NC(C)c1cccnc1. The Bertz CT molecular complexity index is 474. The highest BCUT2D eigenvalue weighted by Gasteiger charge is 2.08. The predicted molar refractivity (Wildman–Crippen MR) is 71.9 cm³/mol. The second kappa shape index (κ2) is 4.87. The van der Waals surface area contributed by atoms with Crippen molar-refractivity contribution in [2.45, 2.75) is 19.9 Å². The summed E-state index contributed by atoms with van der Waals surface area (Å²) in [5.41, 5.74) is 10.1. The molecule has 1 unspecified atom stereocenters. The van der Waals surface area contributed by atoms with Crippen LogP contribution in [-0.4, -0.2) is 4.98 Å². The molecule has 3 nitrogen and oxygen atoms in total. The largest absolute Gasteiger partial charge is 0.397 e. The van der Waals surface area contributed by atoms with Crippen LogP contribution in [0.1, 0.15) is 24.1 Å². The molecule has 0 saturated heterocycles. The molecule has 3 heteroatoms. The van der Waals surface area contributed by atoms with Gasteiger partial charge in [0.05, 0.1) is 17.4 Å². The third kappa shape index (κ3) is 2.56. The summed E-state index contributed by atoms with van der Waals surface area (Å²) >= 11 is 0. The molecule has 0 bridgehead atoms.